The van der Waals surface area contributed by atoms with Crippen molar-refractivity contribution in [1.29, 1.82) is 5.26 Å². The van der Waals surface area contributed by atoms with Crippen LogP contribution in [0, 0.1) is 23.2 Å². The van der Waals surface area contributed by atoms with E-state index in [4.69, 9.17) is 4.74 Å². The number of rotatable bonds is 3. The van der Waals surface area contributed by atoms with E-state index in [0.29, 0.717) is 35.9 Å². The number of anilines is 1. The average molecular weight is 376 g/mol. The summed E-state index contributed by atoms with van der Waals surface area (Å²) in [6.07, 6.45) is 1.73. The van der Waals surface area contributed by atoms with E-state index in [1.807, 2.05) is 31.2 Å². The summed E-state index contributed by atoms with van der Waals surface area (Å²) in [4.78, 5) is 28.2. The summed E-state index contributed by atoms with van der Waals surface area (Å²) in [6, 6.07) is 12.8. The van der Waals surface area contributed by atoms with E-state index in [9.17, 15) is 20.0 Å². The van der Waals surface area contributed by atoms with E-state index in [1.165, 1.54) is 4.90 Å². The van der Waals surface area contributed by atoms with Gasteiger partial charge in [-0.05, 0) is 31.9 Å². The minimum absolute atomic E-state index is 0.0828. The molecule has 6 nitrogen and oxygen atoms in total. The van der Waals surface area contributed by atoms with Gasteiger partial charge < -0.3 is 9.84 Å². The third kappa shape index (κ3) is 1.98. The van der Waals surface area contributed by atoms with Gasteiger partial charge in [0.05, 0.1) is 40.4 Å². The van der Waals surface area contributed by atoms with Gasteiger partial charge in [0.25, 0.3) is 0 Å². The molecule has 3 fully saturated rings. The van der Waals surface area contributed by atoms with Gasteiger partial charge in [-0.15, -0.1) is 0 Å². The van der Waals surface area contributed by atoms with Crippen molar-refractivity contribution in [3.05, 3.63) is 42.0 Å². The summed E-state index contributed by atoms with van der Waals surface area (Å²) in [5.74, 6) is -1.61. The highest BCUT2D eigenvalue weighted by molar-refractivity contribution is 6.26. The molecule has 3 aliphatic heterocycles. The largest absolute Gasteiger partial charge is 0.396 e. The van der Waals surface area contributed by atoms with Crippen LogP contribution in [0.1, 0.15) is 31.7 Å². The van der Waals surface area contributed by atoms with Crippen molar-refractivity contribution in [3.63, 3.8) is 0 Å². The molecule has 3 heterocycles. The molecule has 1 N–H and O–H groups in total. The minimum Gasteiger partial charge on any atom is -0.396 e. The number of imide groups is 1. The van der Waals surface area contributed by atoms with Gasteiger partial charge in [-0.2, -0.15) is 5.26 Å². The highest BCUT2D eigenvalue weighted by atomic mass is 16.5. The Labute approximate surface area is 162 Å². The Kier molecular flexibility index (Phi) is 3.49. The molecule has 2 amide bonds. The molecule has 0 saturated carbocycles. The normalized spacial score (nSPS) is 33.5. The van der Waals surface area contributed by atoms with Gasteiger partial charge in [-0.3, -0.25) is 9.59 Å². The fourth-order valence-corrected chi connectivity index (χ4v) is 5.61. The van der Waals surface area contributed by atoms with E-state index >= 15 is 0 Å². The van der Waals surface area contributed by atoms with Crippen molar-refractivity contribution in [3.8, 4) is 6.07 Å². The van der Waals surface area contributed by atoms with Gasteiger partial charge in [0.15, 0.2) is 0 Å². The SMILES string of the molecule is C[C@@]12CC[C@](CCO)(O1)[C@@H]1C(=O)N(c3ccc(C#N)c4ccccc34)C(=O)C12. The van der Waals surface area contributed by atoms with Gasteiger partial charge in [0, 0.05) is 23.8 Å². The van der Waals surface area contributed by atoms with E-state index < -0.39 is 23.0 Å². The second-order valence-electron chi connectivity index (χ2n) is 8.21. The molecule has 28 heavy (non-hydrogen) atoms. The van der Waals surface area contributed by atoms with Crippen LogP contribution in [0.3, 0.4) is 0 Å². The fourth-order valence-electron chi connectivity index (χ4n) is 5.61. The Hall–Kier alpha value is -2.75. The lowest BCUT2D eigenvalue weighted by Crippen LogP contribution is -2.42. The minimum atomic E-state index is -0.766. The zero-order valence-corrected chi connectivity index (χ0v) is 15.5. The van der Waals surface area contributed by atoms with Gasteiger partial charge in [0.2, 0.25) is 11.8 Å². The van der Waals surface area contributed by atoms with E-state index in [1.54, 1.807) is 12.1 Å². The molecule has 2 aromatic rings. The monoisotopic (exact) mass is 376 g/mol. The van der Waals surface area contributed by atoms with Crippen molar-refractivity contribution in [2.75, 3.05) is 11.5 Å². The molecule has 2 bridgehead atoms. The standard InChI is InChI=1S/C22H20N2O4/c1-21-8-9-22(28-21,10-11-25)18-17(21)19(26)24(20(18)27)16-7-6-13(12-23)14-4-2-3-5-15(14)16/h2-7,17-18,25H,8-11H2,1H3/t17?,18-,21-,22+/m0/s1. The van der Waals surface area contributed by atoms with Crippen molar-refractivity contribution in [2.24, 2.45) is 11.8 Å². The lowest BCUT2D eigenvalue weighted by atomic mass is 9.67. The number of aliphatic hydroxyl groups excluding tert-OH is 1. The van der Waals surface area contributed by atoms with Gasteiger partial charge in [-0.25, -0.2) is 4.90 Å². The molecule has 0 aliphatic carbocycles. The number of carbonyl (C=O) groups is 2. The Balaban J connectivity index is 1.67. The summed E-state index contributed by atoms with van der Waals surface area (Å²) in [6.45, 7) is 1.82. The van der Waals surface area contributed by atoms with Crippen molar-refractivity contribution in [1.82, 2.24) is 0 Å². The molecule has 0 radical (unpaired) electrons. The van der Waals surface area contributed by atoms with Crippen LogP contribution in [0.5, 0.6) is 0 Å². The van der Waals surface area contributed by atoms with Crippen LogP contribution >= 0.6 is 0 Å². The maximum absolute atomic E-state index is 13.5. The van der Waals surface area contributed by atoms with Crippen LogP contribution in [-0.4, -0.2) is 34.7 Å². The molecule has 0 aromatic heterocycles. The molecule has 2 aromatic carbocycles. The molecule has 3 aliphatic rings. The number of aliphatic hydroxyl groups is 1. The highest BCUT2D eigenvalue weighted by Crippen LogP contribution is 2.62. The maximum atomic E-state index is 13.5. The number of nitrogens with zero attached hydrogens (tertiary/aromatic N) is 2. The summed E-state index contributed by atoms with van der Waals surface area (Å²) >= 11 is 0. The molecule has 4 atom stereocenters. The summed E-state index contributed by atoms with van der Waals surface area (Å²) in [5, 5.41) is 20.4. The summed E-state index contributed by atoms with van der Waals surface area (Å²) in [7, 11) is 0. The van der Waals surface area contributed by atoms with Gasteiger partial charge in [0.1, 0.15) is 0 Å². The number of fused-ring (bicyclic) bond motifs is 6. The number of benzene rings is 2. The second kappa shape index (κ2) is 5.63. The first-order valence-electron chi connectivity index (χ1n) is 9.56. The first kappa shape index (κ1) is 17.4. The smallest absolute Gasteiger partial charge is 0.240 e. The van der Waals surface area contributed by atoms with Crippen LogP contribution in [0.25, 0.3) is 10.8 Å². The molecule has 142 valence electrons. The predicted octanol–water partition coefficient (Wildman–Crippen LogP) is 2.52. The number of hydrogen-bond donors (Lipinski definition) is 1. The fraction of sp³-hybridized carbons (Fsp3) is 0.409. The summed E-state index contributed by atoms with van der Waals surface area (Å²) < 4.78 is 6.23. The van der Waals surface area contributed by atoms with E-state index in [-0.39, 0.29) is 18.4 Å². The zero-order valence-electron chi connectivity index (χ0n) is 15.5. The molecular formula is C22H20N2O4. The Morgan fingerprint density at radius 1 is 1.14 bits per heavy atom. The first-order chi connectivity index (χ1) is 13.5. The van der Waals surface area contributed by atoms with Gasteiger partial charge in [-0.1, -0.05) is 24.3 Å². The predicted molar refractivity (Wildman–Crippen MR) is 101 cm³/mol. The van der Waals surface area contributed by atoms with Crippen LogP contribution in [0.4, 0.5) is 5.69 Å². The molecular weight excluding hydrogens is 356 g/mol. The Bertz CT molecular complexity index is 1070. The van der Waals surface area contributed by atoms with Crippen LogP contribution in [0.15, 0.2) is 36.4 Å². The van der Waals surface area contributed by atoms with Crippen LogP contribution < -0.4 is 4.90 Å². The number of nitriles is 1. The molecule has 3 saturated heterocycles. The highest BCUT2D eigenvalue weighted by Gasteiger charge is 2.73. The maximum Gasteiger partial charge on any atom is 0.240 e. The Morgan fingerprint density at radius 2 is 1.86 bits per heavy atom. The second-order valence-corrected chi connectivity index (χ2v) is 8.21. The topological polar surface area (TPSA) is 90.6 Å². The molecule has 0 spiro atoms. The lowest BCUT2D eigenvalue weighted by Gasteiger charge is -2.30. The lowest BCUT2D eigenvalue weighted by molar-refractivity contribution is -0.131. The number of carbonyl (C=O) groups excluding carboxylic acids is 2. The quantitative estimate of drug-likeness (QED) is 0.832. The average Bonchev–Trinajstić information content (AvgIpc) is 3.26. The molecule has 5 rings (SSSR count). The van der Waals surface area contributed by atoms with Crippen molar-refractivity contribution < 1.29 is 19.4 Å². The third-order valence-electron chi connectivity index (χ3n) is 6.81. The molecule has 6 heteroatoms. The Morgan fingerprint density at radius 3 is 2.57 bits per heavy atom. The number of amides is 2. The van der Waals surface area contributed by atoms with Crippen LogP contribution in [-0.2, 0) is 14.3 Å². The van der Waals surface area contributed by atoms with Gasteiger partial charge >= 0.3 is 0 Å². The van der Waals surface area contributed by atoms with Crippen molar-refractivity contribution in [2.45, 2.75) is 37.4 Å². The third-order valence-corrected chi connectivity index (χ3v) is 6.81. The zero-order chi connectivity index (χ0) is 19.7. The van der Waals surface area contributed by atoms with E-state index in [2.05, 4.69) is 6.07 Å². The molecule has 1 unspecified atom stereocenters. The first-order valence-corrected chi connectivity index (χ1v) is 9.56. The number of ether oxygens (including phenoxy) is 1. The van der Waals surface area contributed by atoms with E-state index in [0.717, 1.165) is 5.39 Å². The summed E-state index contributed by atoms with van der Waals surface area (Å²) in [5.41, 5.74) is -0.422. The van der Waals surface area contributed by atoms with Crippen LogP contribution in [0.2, 0.25) is 0 Å². The van der Waals surface area contributed by atoms with Crippen molar-refractivity contribution >= 4 is 28.3 Å². The number of hydrogen-bond acceptors (Lipinski definition) is 5.